The standard InChI is InChI=1S/C8H9NO4S/c1-14(11,12)13-8-5-3-2-4-7(8)9-6-10/h2-6H,1H3,(H,9,10). The molecule has 6 heteroatoms. The van der Waals surface area contributed by atoms with E-state index in [9.17, 15) is 13.2 Å². The van der Waals surface area contributed by atoms with Crippen molar-refractivity contribution in [3.63, 3.8) is 0 Å². The van der Waals surface area contributed by atoms with Gasteiger partial charge in [-0.25, -0.2) is 0 Å². The number of amides is 1. The molecule has 0 unspecified atom stereocenters. The molecule has 5 nitrogen and oxygen atoms in total. The molecule has 1 aromatic rings. The molecule has 0 aliphatic heterocycles. The van der Waals surface area contributed by atoms with Gasteiger partial charge in [0, 0.05) is 0 Å². The second-order valence-corrected chi connectivity index (χ2v) is 4.12. The van der Waals surface area contributed by atoms with E-state index in [2.05, 4.69) is 9.50 Å². The summed E-state index contributed by atoms with van der Waals surface area (Å²) in [6.45, 7) is 0. The van der Waals surface area contributed by atoms with Gasteiger partial charge in [0.15, 0.2) is 5.75 Å². The Kier molecular flexibility index (Phi) is 3.08. The Morgan fingerprint density at radius 1 is 1.36 bits per heavy atom. The second kappa shape index (κ2) is 4.10. The zero-order chi connectivity index (χ0) is 10.6. The van der Waals surface area contributed by atoms with Gasteiger partial charge in [-0.15, -0.1) is 0 Å². The molecular formula is C8H9NO4S. The van der Waals surface area contributed by atoms with Gasteiger partial charge in [-0.3, -0.25) is 4.79 Å². The zero-order valence-corrected chi connectivity index (χ0v) is 8.24. The minimum Gasteiger partial charge on any atom is -0.380 e. The molecule has 0 heterocycles. The third-order valence-corrected chi connectivity index (χ3v) is 1.82. The van der Waals surface area contributed by atoms with E-state index >= 15 is 0 Å². The molecule has 0 fully saturated rings. The van der Waals surface area contributed by atoms with Gasteiger partial charge in [-0.2, -0.15) is 8.42 Å². The summed E-state index contributed by atoms with van der Waals surface area (Å²) in [7, 11) is -3.57. The molecule has 14 heavy (non-hydrogen) atoms. The number of anilines is 1. The zero-order valence-electron chi connectivity index (χ0n) is 7.43. The van der Waals surface area contributed by atoms with Crippen molar-refractivity contribution < 1.29 is 17.4 Å². The Morgan fingerprint density at radius 3 is 2.57 bits per heavy atom. The number of hydrogen-bond donors (Lipinski definition) is 1. The highest BCUT2D eigenvalue weighted by Gasteiger charge is 2.08. The van der Waals surface area contributed by atoms with Crippen LogP contribution in [0.15, 0.2) is 24.3 Å². The van der Waals surface area contributed by atoms with Crippen LogP contribution >= 0.6 is 0 Å². The molecule has 1 amide bonds. The van der Waals surface area contributed by atoms with Crippen molar-refractivity contribution in [3.05, 3.63) is 24.3 Å². The highest BCUT2D eigenvalue weighted by atomic mass is 32.2. The Bertz CT molecular complexity index is 427. The van der Waals surface area contributed by atoms with Gasteiger partial charge in [0.05, 0.1) is 11.9 Å². The number of para-hydroxylation sites is 2. The summed E-state index contributed by atoms with van der Waals surface area (Å²) >= 11 is 0. The van der Waals surface area contributed by atoms with Crippen LogP contribution in [0, 0.1) is 0 Å². The van der Waals surface area contributed by atoms with Crippen LogP contribution in [0.25, 0.3) is 0 Å². The molecule has 1 N–H and O–H groups in total. The summed E-state index contributed by atoms with van der Waals surface area (Å²) in [4.78, 5) is 10.2. The maximum absolute atomic E-state index is 10.8. The SMILES string of the molecule is CS(=O)(=O)Oc1ccccc1NC=O. The summed E-state index contributed by atoms with van der Waals surface area (Å²) in [5, 5.41) is 2.33. The Hall–Kier alpha value is -1.56. The maximum Gasteiger partial charge on any atom is 0.306 e. The normalized spacial score (nSPS) is 10.6. The predicted octanol–water partition coefficient (Wildman–Crippen LogP) is 0.593. The molecule has 0 aliphatic rings. The third kappa shape index (κ3) is 3.06. The quantitative estimate of drug-likeness (QED) is 0.589. The summed E-state index contributed by atoms with van der Waals surface area (Å²) < 4.78 is 26.3. The predicted molar refractivity (Wildman–Crippen MR) is 51.6 cm³/mol. The molecular weight excluding hydrogens is 206 g/mol. The molecule has 0 spiro atoms. The lowest BCUT2D eigenvalue weighted by Crippen LogP contribution is -2.07. The van der Waals surface area contributed by atoms with Crippen molar-refractivity contribution in [3.8, 4) is 5.75 Å². The van der Waals surface area contributed by atoms with E-state index in [1.54, 1.807) is 12.1 Å². The number of hydrogen-bond acceptors (Lipinski definition) is 4. The lowest BCUT2D eigenvalue weighted by atomic mass is 10.3. The Labute approximate surface area is 81.8 Å². The first-order valence-electron chi connectivity index (χ1n) is 3.71. The highest BCUT2D eigenvalue weighted by Crippen LogP contribution is 2.23. The van der Waals surface area contributed by atoms with E-state index in [4.69, 9.17) is 0 Å². The number of carbonyl (C=O) groups is 1. The fourth-order valence-electron chi connectivity index (χ4n) is 0.885. The molecule has 76 valence electrons. The molecule has 0 aliphatic carbocycles. The van der Waals surface area contributed by atoms with Crippen LogP contribution in [0.1, 0.15) is 0 Å². The third-order valence-electron chi connectivity index (χ3n) is 1.34. The van der Waals surface area contributed by atoms with Gasteiger partial charge in [0.1, 0.15) is 0 Å². The number of rotatable bonds is 4. The van der Waals surface area contributed by atoms with Gasteiger partial charge in [-0.1, -0.05) is 12.1 Å². The lowest BCUT2D eigenvalue weighted by Gasteiger charge is -2.07. The first kappa shape index (κ1) is 10.5. The van der Waals surface area contributed by atoms with Gasteiger partial charge < -0.3 is 9.50 Å². The first-order valence-corrected chi connectivity index (χ1v) is 5.53. The largest absolute Gasteiger partial charge is 0.380 e. The molecule has 0 atom stereocenters. The molecule has 0 saturated heterocycles. The monoisotopic (exact) mass is 215 g/mol. The van der Waals surface area contributed by atoms with E-state index in [0.29, 0.717) is 12.1 Å². The van der Waals surface area contributed by atoms with E-state index in [-0.39, 0.29) is 5.75 Å². The van der Waals surface area contributed by atoms with Crippen molar-refractivity contribution in [2.24, 2.45) is 0 Å². The Balaban J connectivity index is 3.01. The van der Waals surface area contributed by atoms with Gasteiger partial charge in [0.2, 0.25) is 6.41 Å². The van der Waals surface area contributed by atoms with E-state index < -0.39 is 10.1 Å². The van der Waals surface area contributed by atoms with Gasteiger partial charge in [-0.05, 0) is 12.1 Å². The Morgan fingerprint density at radius 2 is 2.00 bits per heavy atom. The molecule has 0 aromatic heterocycles. The summed E-state index contributed by atoms with van der Waals surface area (Å²) in [6.07, 6.45) is 1.38. The van der Waals surface area contributed by atoms with Crippen LogP contribution in [-0.4, -0.2) is 21.1 Å². The van der Waals surface area contributed by atoms with E-state index in [1.807, 2.05) is 0 Å². The van der Waals surface area contributed by atoms with Crippen LogP contribution in [0.4, 0.5) is 5.69 Å². The summed E-state index contributed by atoms with van der Waals surface area (Å²) in [5.41, 5.74) is 0.313. The van der Waals surface area contributed by atoms with Crippen molar-refractivity contribution in [2.75, 3.05) is 11.6 Å². The molecule has 0 bridgehead atoms. The molecule has 1 rings (SSSR count). The van der Waals surface area contributed by atoms with Crippen molar-refractivity contribution >= 4 is 22.2 Å². The van der Waals surface area contributed by atoms with Gasteiger partial charge >= 0.3 is 10.1 Å². The fourth-order valence-corrected chi connectivity index (χ4v) is 1.36. The van der Waals surface area contributed by atoms with Gasteiger partial charge in [0.25, 0.3) is 0 Å². The topological polar surface area (TPSA) is 72.5 Å². The van der Waals surface area contributed by atoms with Crippen LogP contribution in [0.3, 0.4) is 0 Å². The van der Waals surface area contributed by atoms with Crippen LogP contribution in [0.5, 0.6) is 5.75 Å². The number of nitrogens with one attached hydrogen (secondary N) is 1. The van der Waals surface area contributed by atoms with Crippen LogP contribution in [-0.2, 0) is 14.9 Å². The van der Waals surface area contributed by atoms with Crippen molar-refractivity contribution in [1.29, 1.82) is 0 Å². The average Bonchev–Trinajstić information content (AvgIpc) is 2.06. The van der Waals surface area contributed by atoms with Crippen molar-refractivity contribution in [2.45, 2.75) is 0 Å². The van der Waals surface area contributed by atoms with E-state index in [1.165, 1.54) is 12.1 Å². The highest BCUT2D eigenvalue weighted by molar-refractivity contribution is 7.86. The van der Waals surface area contributed by atoms with Crippen LogP contribution in [0.2, 0.25) is 0 Å². The van der Waals surface area contributed by atoms with Crippen LogP contribution < -0.4 is 9.50 Å². The summed E-state index contributed by atoms with van der Waals surface area (Å²) in [5.74, 6) is 0.0992. The molecule has 1 aromatic carbocycles. The second-order valence-electron chi connectivity index (χ2n) is 2.55. The molecule has 0 saturated carbocycles. The summed E-state index contributed by atoms with van der Waals surface area (Å²) in [6, 6.07) is 6.25. The average molecular weight is 215 g/mol. The fraction of sp³-hybridized carbons (Fsp3) is 0.125. The number of carbonyl (C=O) groups excluding carboxylic acids is 1. The minimum atomic E-state index is -3.57. The smallest absolute Gasteiger partial charge is 0.306 e. The number of benzene rings is 1. The molecule has 0 radical (unpaired) electrons. The van der Waals surface area contributed by atoms with Crippen molar-refractivity contribution in [1.82, 2.24) is 0 Å². The lowest BCUT2D eigenvalue weighted by molar-refractivity contribution is -0.105. The maximum atomic E-state index is 10.8. The first-order chi connectivity index (χ1) is 6.53. The minimum absolute atomic E-state index is 0.0992. The van der Waals surface area contributed by atoms with E-state index in [0.717, 1.165) is 6.26 Å².